The van der Waals surface area contributed by atoms with Crippen molar-refractivity contribution in [1.82, 2.24) is 4.57 Å². The van der Waals surface area contributed by atoms with Crippen molar-refractivity contribution in [2.75, 3.05) is 0 Å². The summed E-state index contributed by atoms with van der Waals surface area (Å²) < 4.78 is 64.3. The summed E-state index contributed by atoms with van der Waals surface area (Å²) in [6, 6.07) is 14.0. The third kappa shape index (κ3) is 2.80. The molecule has 1 aromatic heterocycles. The Morgan fingerprint density at radius 2 is 1.71 bits per heavy atom. The van der Waals surface area contributed by atoms with Crippen LogP contribution in [0.15, 0.2) is 59.6 Å². The molecule has 0 bridgehead atoms. The van der Waals surface area contributed by atoms with Gasteiger partial charge in [0.15, 0.2) is 0 Å². The molecule has 2 aromatic carbocycles. The number of rotatable bonds is 3. The first-order valence-corrected chi connectivity index (χ1v) is 8.63. The maximum Gasteiger partial charge on any atom is 0.501 e. The highest BCUT2D eigenvalue weighted by Gasteiger charge is 2.48. The fourth-order valence-corrected chi connectivity index (χ4v) is 3.60. The van der Waals surface area contributed by atoms with Crippen molar-refractivity contribution in [3.63, 3.8) is 0 Å². The van der Waals surface area contributed by atoms with Crippen molar-refractivity contribution >= 4 is 20.7 Å². The van der Waals surface area contributed by atoms with Crippen LogP contribution in [0.25, 0.3) is 10.9 Å². The Hall–Kier alpha value is -2.28. The highest BCUT2D eigenvalue weighted by Crippen LogP contribution is 2.36. The van der Waals surface area contributed by atoms with Crippen LogP contribution in [0.5, 0.6) is 0 Å². The fourth-order valence-electron chi connectivity index (χ4n) is 2.63. The summed E-state index contributed by atoms with van der Waals surface area (Å²) in [7, 11) is -5.41. The molecule has 0 spiro atoms. The molecule has 0 radical (unpaired) electrons. The maximum atomic E-state index is 13.0. The molecular formula is C17H14F3NO2S. The summed E-state index contributed by atoms with van der Waals surface area (Å²) in [4.78, 5) is -0.704. The van der Waals surface area contributed by atoms with E-state index in [1.807, 2.05) is 30.3 Å². The second-order valence-corrected chi connectivity index (χ2v) is 7.49. The van der Waals surface area contributed by atoms with Crippen LogP contribution in [0.4, 0.5) is 13.2 Å². The molecule has 126 valence electrons. The van der Waals surface area contributed by atoms with E-state index in [-0.39, 0.29) is 11.9 Å². The van der Waals surface area contributed by atoms with Crippen LogP contribution < -0.4 is 0 Å². The van der Waals surface area contributed by atoms with Gasteiger partial charge >= 0.3 is 5.51 Å². The van der Waals surface area contributed by atoms with E-state index in [1.54, 1.807) is 19.1 Å². The van der Waals surface area contributed by atoms with Crippen molar-refractivity contribution in [3.8, 4) is 0 Å². The van der Waals surface area contributed by atoms with Crippen LogP contribution in [0, 0.1) is 6.92 Å². The first kappa shape index (κ1) is 16.6. The van der Waals surface area contributed by atoms with Gasteiger partial charge in [0.2, 0.25) is 0 Å². The average Bonchev–Trinajstić information content (AvgIpc) is 2.85. The normalized spacial score (nSPS) is 12.7. The topological polar surface area (TPSA) is 39.1 Å². The number of aryl methyl sites for hydroxylation is 1. The quantitative estimate of drug-likeness (QED) is 0.705. The molecule has 7 heteroatoms. The molecule has 0 aliphatic rings. The van der Waals surface area contributed by atoms with Crippen LogP contribution in [-0.4, -0.2) is 18.5 Å². The van der Waals surface area contributed by atoms with Gasteiger partial charge in [-0.15, -0.1) is 0 Å². The van der Waals surface area contributed by atoms with Gasteiger partial charge in [0, 0.05) is 23.6 Å². The molecule has 1 heterocycles. The van der Waals surface area contributed by atoms with Crippen molar-refractivity contribution in [2.24, 2.45) is 0 Å². The van der Waals surface area contributed by atoms with Crippen molar-refractivity contribution in [3.05, 3.63) is 65.9 Å². The molecule has 24 heavy (non-hydrogen) atoms. The first-order chi connectivity index (χ1) is 11.2. The number of aromatic nitrogens is 1. The number of hydrogen-bond acceptors (Lipinski definition) is 2. The number of fused-ring (bicyclic) bond motifs is 1. The predicted octanol–water partition coefficient (Wildman–Crippen LogP) is 4.29. The first-order valence-electron chi connectivity index (χ1n) is 7.15. The fraction of sp³-hybridized carbons (Fsp3) is 0.176. The van der Waals surface area contributed by atoms with Crippen molar-refractivity contribution in [2.45, 2.75) is 23.9 Å². The van der Waals surface area contributed by atoms with Crippen LogP contribution >= 0.6 is 0 Å². The van der Waals surface area contributed by atoms with Gasteiger partial charge < -0.3 is 4.57 Å². The standard InChI is InChI=1S/C17H14F3NO2S/c1-12-7-8-15-14(9-12)16(24(22,23)17(18,19)20)11-21(15)10-13-5-3-2-4-6-13/h2-9,11H,10H2,1H3. The number of halogens is 3. The van der Waals surface area contributed by atoms with Crippen LogP contribution in [0.2, 0.25) is 0 Å². The van der Waals surface area contributed by atoms with Gasteiger partial charge in [0.1, 0.15) is 4.90 Å². The lowest BCUT2D eigenvalue weighted by atomic mass is 10.2. The molecule has 0 N–H and O–H groups in total. The molecule has 3 nitrogen and oxygen atoms in total. The summed E-state index contributed by atoms with van der Waals surface area (Å²) in [6.45, 7) is 1.99. The van der Waals surface area contributed by atoms with Crippen molar-refractivity contribution in [1.29, 1.82) is 0 Å². The molecule has 0 atom stereocenters. The Labute approximate surface area is 137 Å². The Morgan fingerprint density at radius 3 is 2.33 bits per heavy atom. The van der Waals surface area contributed by atoms with E-state index < -0.39 is 20.2 Å². The third-order valence-electron chi connectivity index (χ3n) is 3.79. The zero-order valence-electron chi connectivity index (χ0n) is 12.7. The zero-order valence-corrected chi connectivity index (χ0v) is 13.5. The number of benzene rings is 2. The number of nitrogens with zero attached hydrogens (tertiary/aromatic N) is 1. The Kier molecular flexibility index (Phi) is 3.91. The summed E-state index contributed by atoms with van der Waals surface area (Å²) in [5, 5.41) is 0.0863. The monoisotopic (exact) mass is 353 g/mol. The van der Waals surface area contributed by atoms with Gasteiger partial charge in [-0.25, -0.2) is 8.42 Å². The number of alkyl halides is 3. The highest BCUT2D eigenvalue weighted by atomic mass is 32.2. The Morgan fingerprint density at radius 1 is 1.04 bits per heavy atom. The molecule has 0 fully saturated rings. The lowest BCUT2D eigenvalue weighted by Gasteiger charge is -2.06. The summed E-state index contributed by atoms with van der Waals surface area (Å²) in [5.74, 6) is 0. The summed E-state index contributed by atoms with van der Waals surface area (Å²) in [6.07, 6.45) is 1.07. The lowest BCUT2D eigenvalue weighted by molar-refractivity contribution is -0.0435. The highest BCUT2D eigenvalue weighted by molar-refractivity contribution is 7.92. The van der Waals surface area contributed by atoms with Gasteiger partial charge in [-0.2, -0.15) is 13.2 Å². The molecule has 0 unspecified atom stereocenters. The Balaban J connectivity index is 2.23. The molecule has 0 aliphatic carbocycles. The molecule has 3 rings (SSSR count). The lowest BCUT2D eigenvalue weighted by Crippen LogP contribution is -2.23. The maximum absolute atomic E-state index is 13.0. The number of hydrogen-bond donors (Lipinski definition) is 0. The van der Waals surface area contributed by atoms with E-state index in [1.165, 1.54) is 10.6 Å². The van der Waals surface area contributed by atoms with E-state index >= 15 is 0 Å². The predicted molar refractivity (Wildman–Crippen MR) is 85.5 cm³/mol. The van der Waals surface area contributed by atoms with Gasteiger partial charge in [0.25, 0.3) is 9.84 Å². The molecule has 0 saturated carbocycles. The molecule has 0 saturated heterocycles. The Bertz CT molecular complexity index is 990. The van der Waals surface area contributed by atoms with E-state index in [0.717, 1.165) is 11.8 Å². The van der Waals surface area contributed by atoms with Gasteiger partial charge in [-0.1, -0.05) is 42.0 Å². The summed E-state index contributed by atoms with van der Waals surface area (Å²) >= 11 is 0. The van der Waals surface area contributed by atoms with Crippen molar-refractivity contribution < 1.29 is 21.6 Å². The number of sulfone groups is 1. The summed E-state index contributed by atoms with van der Waals surface area (Å²) in [5.41, 5.74) is -3.32. The third-order valence-corrected chi connectivity index (χ3v) is 5.30. The molecule has 0 amide bonds. The van der Waals surface area contributed by atoms with E-state index in [0.29, 0.717) is 11.1 Å². The van der Waals surface area contributed by atoms with Gasteiger partial charge in [-0.05, 0) is 24.6 Å². The van der Waals surface area contributed by atoms with Crippen LogP contribution in [0.1, 0.15) is 11.1 Å². The smallest absolute Gasteiger partial charge is 0.342 e. The van der Waals surface area contributed by atoms with Crippen LogP contribution in [0.3, 0.4) is 0 Å². The largest absolute Gasteiger partial charge is 0.501 e. The van der Waals surface area contributed by atoms with Gasteiger partial charge in [0.05, 0.1) is 0 Å². The van der Waals surface area contributed by atoms with E-state index in [9.17, 15) is 21.6 Å². The second-order valence-electron chi connectivity index (χ2n) is 5.58. The minimum Gasteiger partial charge on any atom is -0.342 e. The van der Waals surface area contributed by atoms with E-state index in [2.05, 4.69) is 0 Å². The average molecular weight is 353 g/mol. The molecular weight excluding hydrogens is 339 g/mol. The molecule has 3 aromatic rings. The minimum atomic E-state index is -5.41. The zero-order chi connectivity index (χ0) is 17.5. The SMILES string of the molecule is Cc1ccc2c(c1)c(S(=O)(=O)C(F)(F)F)cn2Cc1ccccc1. The van der Waals surface area contributed by atoms with E-state index in [4.69, 9.17) is 0 Å². The second kappa shape index (κ2) is 5.66. The minimum absolute atomic E-state index is 0.0863. The van der Waals surface area contributed by atoms with Gasteiger partial charge in [-0.3, -0.25) is 0 Å². The molecule has 0 aliphatic heterocycles. The van der Waals surface area contributed by atoms with Crippen LogP contribution in [-0.2, 0) is 16.4 Å².